The van der Waals surface area contributed by atoms with E-state index in [9.17, 15) is 13.2 Å². The number of benzene rings is 1. The van der Waals surface area contributed by atoms with Crippen LogP contribution in [0, 0.1) is 0 Å². The van der Waals surface area contributed by atoms with Crippen LogP contribution in [0.5, 0.6) is 0 Å². The molecule has 0 saturated heterocycles. The smallest absolute Gasteiger partial charge is 0.417 e. The topological polar surface area (TPSA) is 48.4 Å². The molecule has 2 N–H and O–H groups in total. The average molecular weight is 231 g/mol. The SMILES string of the molecule is NOCc1cc2c(C(F)(F)F)cccc2o1. The molecule has 0 bridgehead atoms. The predicted octanol–water partition coefficient (Wildman–Crippen LogP) is 2.84. The number of rotatable bonds is 2. The second-order valence-electron chi connectivity index (χ2n) is 3.24. The Bertz CT molecular complexity index is 504. The monoisotopic (exact) mass is 231 g/mol. The minimum atomic E-state index is -4.40. The van der Waals surface area contributed by atoms with Crippen LogP contribution in [0.25, 0.3) is 11.0 Å². The normalized spacial score (nSPS) is 12.2. The first-order valence-corrected chi connectivity index (χ1v) is 4.42. The van der Waals surface area contributed by atoms with Crippen molar-refractivity contribution in [3.05, 3.63) is 35.6 Å². The van der Waals surface area contributed by atoms with Crippen molar-refractivity contribution < 1.29 is 22.4 Å². The first-order valence-electron chi connectivity index (χ1n) is 4.42. The third kappa shape index (κ3) is 1.89. The van der Waals surface area contributed by atoms with Gasteiger partial charge < -0.3 is 4.42 Å². The number of furan rings is 1. The van der Waals surface area contributed by atoms with Crippen molar-refractivity contribution in [1.29, 1.82) is 0 Å². The van der Waals surface area contributed by atoms with E-state index < -0.39 is 11.7 Å². The van der Waals surface area contributed by atoms with Gasteiger partial charge in [-0.05, 0) is 18.2 Å². The minimum Gasteiger partial charge on any atom is -0.459 e. The Morgan fingerprint density at radius 3 is 2.69 bits per heavy atom. The van der Waals surface area contributed by atoms with Crippen molar-refractivity contribution in [3.8, 4) is 0 Å². The minimum absolute atomic E-state index is 0.0158. The molecule has 3 nitrogen and oxygen atoms in total. The van der Waals surface area contributed by atoms with Crippen LogP contribution in [0.3, 0.4) is 0 Å². The lowest BCUT2D eigenvalue weighted by Crippen LogP contribution is -2.04. The second-order valence-corrected chi connectivity index (χ2v) is 3.24. The molecule has 0 unspecified atom stereocenters. The van der Waals surface area contributed by atoms with Gasteiger partial charge in [0, 0.05) is 5.39 Å². The largest absolute Gasteiger partial charge is 0.459 e. The molecule has 1 heterocycles. The summed E-state index contributed by atoms with van der Waals surface area (Å²) in [5.74, 6) is 5.08. The fraction of sp³-hybridized carbons (Fsp3) is 0.200. The quantitative estimate of drug-likeness (QED) is 0.808. The van der Waals surface area contributed by atoms with Gasteiger partial charge in [0.05, 0.1) is 5.56 Å². The summed E-state index contributed by atoms with van der Waals surface area (Å²) in [6, 6.07) is 5.04. The molecule has 0 aliphatic rings. The van der Waals surface area contributed by atoms with E-state index >= 15 is 0 Å². The lowest BCUT2D eigenvalue weighted by atomic mass is 10.1. The fourth-order valence-electron chi connectivity index (χ4n) is 1.51. The van der Waals surface area contributed by atoms with Gasteiger partial charge in [0.1, 0.15) is 18.0 Å². The highest BCUT2D eigenvalue weighted by Gasteiger charge is 2.33. The van der Waals surface area contributed by atoms with Gasteiger partial charge in [-0.3, -0.25) is 4.84 Å². The van der Waals surface area contributed by atoms with Crippen LogP contribution in [-0.4, -0.2) is 0 Å². The van der Waals surface area contributed by atoms with E-state index in [-0.39, 0.29) is 23.3 Å². The lowest BCUT2D eigenvalue weighted by molar-refractivity contribution is -0.136. The third-order valence-corrected chi connectivity index (χ3v) is 2.14. The maximum atomic E-state index is 12.6. The van der Waals surface area contributed by atoms with Gasteiger partial charge in [-0.1, -0.05) is 6.07 Å². The molecular weight excluding hydrogens is 223 g/mol. The van der Waals surface area contributed by atoms with Gasteiger partial charge in [-0.25, -0.2) is 5.90 Å². The number of alkyl halides is 3. The zero-order valence-electron chi connectivity index (χ0n) is 8.04. The summed E-state index contributed by atoms with van der Waals surface area (Å²) in [5, 5.41) is 0.0158. The predicted molar refractivity (Wildman–Crippen MR) is 50.2 cm³/mol. The zero-order chi connectivity index (χ0) is 11.8. The number of halogens is 3. The summed E-state index contributed by atoms with van der Waals surface area (Å²) >= 11 is 0. The van der Waals surface area contributed by atoms with Gasteiger partial charge in [0.15, 0.2) is 0 Å². The van der Waals surface area contributed by atoms with Crippen LogP contribution in [0.15, 0.2) is 28.7 Å². The first kappa shape index (κ1) is 11.0. The molecule has 0 spiro atoms. The molecule has 0 radical (unpaired) electrons. The summed E-state index contributed by atoms with van der Waals surface area (Å²) < 4.78 is 43.0. The van der Waals surface area contributed by atoms with Gasteiger partial charge in [0.25, 0.3) is 0 Å². The fourth-order valence-corrected chi connectivity index (χ4v) is 1.51. The average Bonchev–Trinajstić information content (AvgIpc) is 2.58. The van der Waals surface area contributed by atoms with E-state index in [4.69, 9.17) is 10.3 Å². The molecule has 6 heteroatoms. The van der Waals surface area contributed by atoms with E-state index in [2.05, 4.69) is 4.84 Å². The van der Waals surface area contributed by atoms with E-state index in [1.165, 1.54) is 18.2 Å². The Labute approximate surface area is 88.5 Å². The molecule has 16 heavy (non-hydrogen) atoms. The van der Waals surface area contributed by atoms with Gasteiger partial charge >= 0.3 is 6.18 Å². The van der Waals surface area contributed by atoms with Crippen molar-refractivity contribution in [1.82, 2.24) is 0 Å². The molecule has 0 aliphatic heterocycles. The van der Waals surface area contributed by atoms with Crippen molar-refractivity contribution in [2.24, 2.45) is 5.90 Å². The molecule has 1 aromatic heterocycles. The Morgan fingerprint density at radius 1 is 1.31 bits per heavy atom. The van der Waals surface area contributed by atoms with Crippen LogP contribution in [0.2, 0.25) is 0 Å². The highest BCUT2D eigenvalue weighted by molar-refractivity contribution is 5.82. The van der Waals surface area contributed by atoms with Gasteiger partial charge in [0.2, 0.25) is 0 Å². The molecule has 86 valence electrons. The number of hydrogen-bond donors (Lipinski definition) is 1. The standard InChI is InChI=1S/C10H8F3NO2/c11-10(12,13)8-2-1-3-9-7(8)4-6(16-9)5-15-14/h1-4H,5,14H2. The third-order valence-electron chi connectivity index (χ3n) is 2.14. The highest BCUT2D eigenvalue weighted by atomic mass is 19.4. The molecule has 0 atom stereocenters. The molecule has 0 aliphatic carbocycles. The maximum Gasteiger partial charge on any atom is 0.417 e. The Hall–Kier alpha value is -1.53. The molecule has 0 fully saturated rings. The Balaban J connectivity index is 2.59. The summed E-state index contributed by atoms with van der Waals surface area (Å²) in [5.41, 5.74) is -0.557. The van der Waals surface area contributed by atoms with Crippen molar-refractivity contribution in [3.63, 3.8) is 0 Å². The zero-order valence-corrected chi connectivity index (χ0v) is 8.04. The lowest BCUT2D eigenvalue weighted by Gasteiger charge is -2.06. The van der Waals surface area contributed by atoms with Crippen LogP contribution in [-0.2, 0) is 17.6 Å². The molecule has 2 aromatic rings. The van der Waals surface area contributed by atoms with E-state index in [0.717, 1.165) is 6.07 Å². The summed E-state index contributed by atoms with van der Waals surface area (Å²) in [6.07, 6.45) is -4.40. The van der Waals surface area contributed by atoms with Crippen molar-refractivity contribution in [2.75, 3.05) is 0 Å². The Morgan fingerprint density at radius 2 is 2.06 bits per heavy atom. The second kappa shape index (κ2) is 3.80. The molecular formula is C10H8F3NO2. The Kier molecular flexibility index (Phi) is 2.61. The molecule has 0 amide bonds. The van der Waals surface area contributed by atoms with Crippen LogP contribution >= 0.6 is 0 Å². The van der Waals surface area contributed by atoms with Crippen LogP contribution in [0.4, 0.5) is 13.2 Å². The summed E-state index contributed by atoms with van der Waals surface area (Å²) in [7, 11) is 0. The molecule has 1 aromatic carbocycles. The summed E-state index contributed by atoms with van der Waals surface area (Å²) in [4.78, 5) is 4.31. The molecule has 2 rings (SSSR count). The van der Waals surface area contributed by atoms with Crippen molar-refractivity contribution in [2.45, 2.75) is 12.8 Å². The van der Waals surface area contributed by atoms with E-state index in [1.54, 1.807) is 0 Å². The van der Waals surface area contributed by atoms with Crippen molar-refractivity contribution >= 4 is 11.0 Å². The van der Waals surface area contributed by atoms with E-state index in [1.807, 2.05) is 0 Å². The number of fused-ring (bicyclic) bond motifs is 1. The summed E-state index contributed by atoms with van der Waals surface area (Å²) in [6.45, 7) is -0.0635. The van der Waals surface area contributed by atoms with Crippen LogP contribution < -0.4 is 5.90 Å². The van der Waals surface area contributed by atoms with E-state index in [0.29, 0.717) is 0 Å². The van der Waals surface area contributed by atoms with Gasteiger partial charge in [-0.2, -0.15) is 13.2 Å². The highest BCUT2D eigenvalue weighted by Crippen LogP contribution is 2.35. The number of hydrogen-bond acceptors (Lipinski definition) is 3. The maximum absolute atomic E-state index is 12.6. The van der Waals surface area contributed by atoms with Gasteiger partial charge in [-0.15, -0.1) is 0 Å². The number of nitrogens with two attached hydrogens (primary N) is 1. The first-order chi connectivity index (χ1) is 7.52. The molecule has 0 saturated carbocycles. The van der Waals surface area contributed by atoms with Crippen LogP contribution in [0.1, 0.15) is 11.3 Å².